The van der Waals surface area contributed by atoms with Gasteiger partial charge in [0, 0.05) is 31.2 Å². The highest BCUT2D eigenvalue weighted by molar-refractivity contribution is 7.89. The minimum atomic E-state index is -3.77. The number of carbonyl (C=O) groups excluding carboxylic acids is 1. The first-order valence-corrected chi connectivity index (χ1v) is 8.24. The molecular formula is C13H17ClN2O4S. The van der Waals surface area contributed by atoms with Crippen LogP contribution in [0.4, 0.5) is 0 Å². The minimum Gasteiger partial charge on any atom is -0.465 e. The van der Waals surface area contributed by atoms with E-state index in [9.17, 15) is 13.2 Å². The number of rotatable bonds is 3. The monoisotopic (exact) mass is 332 g/mol. The fourth-order valence-electron chi connectivity index (χ4n) is 2.16. The molecule has 0 unspecified atom stereocenters. The molecule has 116 valence electrons. The number of halogens is 1. The SMILES string of the molecule is COC(=O)c1ccc(Cl)cc1S(=O)(=O)N1CCN(C)CC1. The van der Waals surface area contributed by atoms with E-state index < -0.39 is 16.0 Å². The first kappa shape index (κ1) is 16.2. The number of piperazine rings is 1. The van der Waals surface area contributed by atoms with E-state index in [1.54, 1.807) is 0 Å². The molecule has 0 radical (unpaired) electrons. The van der Waals surface area contributed by atoms with Crippen molar-refractivity contribution in [2.75, 3.05) is 40.3 Å². The molecule has 8 heteroatoms. The Labute approximate surface area is 129 Å². The van der Waals surface area contributed by atoms with E-state index in [4.69, 9.17) is 11.6 Å². The molecule has 0 bridgehead atoms. The zero-order valence-electron chi connectivity index (χ0n) is 11.9. The zero-order chi connectivity index (χ0) is 15.6. The molecule has 1 heterocycles. The van der Waals surface area contributed by atoms with Crippen molar-refractivity contribution < 1.29 is 17.9 Å². The van der Waals surface area contributed by atoms with Crippen LogP contribution in [0.1, 0.15) is 10.4 Å². The van der Waals surface area contributed by atoms with Gasteiger partial charge < -0.3 is 9.64 Å². The normalized spacial score (nSPS) is 17.7. The number of sulfonamides is 1. The third-order valence-corrected chi connectivity index (χ3v) is 5.60. The third-order valence-electron chi connectivity index (χ3n) is 3.43. The lowest BCUT2D eigenvalue weighted by atomic mass is 10.2. The highest BCUT2D eigenvalue weighted by Gasteiger charge is 2.31. The molecule has 6 nitrogen and oxygen atoms in total. The molecule has 2 rings (SSSR count). The van der Waals surface area contributed by atoms with Crippen molar-refractivity contribution in [2.24, 2.45) is 0 Å². The van der Waals surface area contributed by atoms with Crippen LogP contribution in [0.2, 0.25) is 5.02 Å². The molecule has 0 saturated carbocycles. The predicted molar refractivity (Wildman–Crippen MR) is 79.0 cm³/mol. The van der Waals surface area contributed by atoms with Crippen LogP contribution in [0.5, 0.6) is 0 Å². The maximum atomic E-state index is 12.7. The number of benzene rings is 1. The van der Waals surface area contributed by atoms with Crippen molar-refractivity contribution in [1.82, 2.24) is 9.21 Å². The maximum Gasteiger partial charge on any atom is 0.339 e. The molecule has 21 heavy (non-hydrogen) atoms. The van der Waals surface area contributed by atoms with Crippen LogP contribution in [0, 0.1) is 0 Å². The lowest BCUT2D eigenvalue weighted by molar-refractivity contribution is 0.0596. The van der Waals surface area contributed by atoms with Gasteiger partial charge >= 0.3 is 5.97 Å². The Balaban J connectivity index is 2.44. The van der Waals surface area contributed by atoms with Gasteiger partial charge in [-0.05, 0) is 25.2 Å². The van der Waals surface area contributed by atoms with Crippen LogP contribution in [0.15, 0.2) is 23.1 Å². The summed E-state index contributed by atoms with van der Waals surface area (Å²) in [7, 11) is -0.627. The number of nitrogens with zero attached hydrogens (tertiary/aromatic N) is 2. The van der Waals surface area contributed by atoms with E-state index in [1.807, 2.05) is 11.9 Å². The van der Waals surface area contributed by atoms with Crippen molar-refractivity contribution >= 4 is 27.6 Å². The second-order valence-electron chi connectivity index (χ2n) is 4.84. The molecular weight excluding hydrogens is 316 g/mol. The van der Waals surface area contributed by atoms with Gasteiger partial charge in [-0.2, -0.15) is 4.31 Å². The summed E-state index contributed by atoms with van der Waals surface area (Å²) in [5.74, 6) is -0.695. The Bertz CT molecular complexity index is 640. The standard InChI is InChI=1S/C13H17ClN2O4S/c1-15-5-7-16(8-6-15)21(18,19)12-9-10(14)3-4-11(12)13(17)20-2/h3-4,9H,5-8H2,1-2H3. The average Bonchev–Trinajstić information content (AvgIpc) is 2.47. The smallest absolute Gasteiger partial charge is 0.339 e. The maximum absolute atomic E-state index is 12.7. The summed E-state index contributed by atoms with van der Waals surface area (Å²) in [6.45, 7) is 2.05. The van der Waals surface area contributed by atoms with Crippen molar-refractivity contribution in [3.63, 3.8) is 0 Å². The molecule has 0 spiro atoms. The molecule has 1 aromatic carbocycles. The zero-order valence-corrected chi connectivity index (χ0v) is 13.4. The van der Waals surface area contributed by atoms with Gasteiger partial charge in [0.1, 0.15) is 0 Å². The molecule has 1 saturated heterocycles. The summed E-state index contributed by atoms with van der Waals surface area (Å²) < 4.78 is 31.5. The molecule has 0 N–H and O–H groups in total. The summed E-state index contributed by atoms with van der Waals surface area (Å²) in [4.78, 5) is 13.7. The highest BCUT2D eigenvalue weighted by atomic mass is 35.5. The molecule has 1 fully saturated rings. The molecule has 0 aliphatic carbocycles. The average molecular weight is 333 g/mol. The molecule has 0 atom stereocenters. The van der Waals surface area contributed by atoms with Gasteiger partial charge in [-0.25, -0.2) is 13.2 Å². The quantitative estimate of drug-likeness (QED) is 0.774. The van der Waals surface area contributed by atoms with Gasteiger partial charge in [0.25, 0.3) is 0 Å². The largest absolute Gasteiger partial charge is 0.465 e. The Morgan fingerprint density at radius 3 is 2.43 bits per heavy atom. The van der Waals surface area contributed by atoms with Gasteiger partial charge in [-0.3, -0.25) is 0 Å². The van der Waals surface area contributed by atoms with Gasteiger partial charge in [0.15, 0.2) is 0 Å². The minimum absolute atomic E-state index is 0.000767. The van der Waals surface area contributed by atoms with Crippen molar-refractivity contribution in [3.05, 3.63) is 28.8 Å². The first-order chi connectivity index (χ1) is 9.86. The van der Waals surface area contributed by atoms with Gasteiger partial charge in [0.2, 0.25) is 10.0 Å². The van der Waals surface area contributed by atoms with Crippen molar-refractivity contribution in [3.8, 4) is 0 Å². The number of hydrogen-bond donors (Lipinski definition) is 0. The topological polar surface area (TPSA) is 66.9 Å². The second kappa shape index (κ2) is 6.31. The molecule has 1 aliphatic rings. The summed E-state index contributed by atoms with van der Waals surface area (Å²) in [6, 6.07) is 4.13. The van der Waals surface area contributed by atoms with E-state index in [-0.39, 0.29) is 15.5 Å². The Morgan fingerprint density at radius 1 is 1.24 bits per heavy atom. The Morgan fingerprint density at radius 2 is 1.86 bits per heavy atom. The van der Waals surface area contributed by atoms with Crippen LogP contribution in [-0.2, 0) is 14.8 Å². The molecule has 0 aromatic heterocycles. The third kappa shape index (κ3) is 3.37. The van der Waals surface area contributed by atoms with Crippen LogP contribution >= 0.6 is 11.6 Å². The number of methoxy groups -OCH3 is 1. The summed E-state index contributed by atoms with van der Waals surface area (Å²) in [6.07, 6.45) is 0. The van der Waals surface area contributed by atoms with Crippen molar-refractivity contribution in [2.45, 2.75) is 4.90 Å². The number of hydrogen-bond acceptors (Lipinski definition) is 5. The van der Waals surface area contributed by atoms with Gasteiger partial charge in [-0.1, -0.05) is 11.6 Å². The fraction of sp³-hybridized carbons (Fsp3) is 0.462. The Hall–Kier alpha value is -1.15. The van der Waals surface area contributed by atoms with Crippen molar-refractivity contribution in [1.29, 1.82) is 0 Å². The van der Waals surface area contributed by atoms with Crippen LogP contribution in [-0.4, -0.2) is 63.9 Å². The van der Waals surface area contributed by atoms with Crippen LogP contribution in [0.3, 0.4) is 0 Å². The lowest BCUT2D eigenvalue weighted by Gasteiger charge is -2.31. The number of carbonyl (C=O) groups is 1. The second-order valence-corrected chi connectivity index (χ2v) is 7.18. The van der Waals surface area contributed by atoms with E-state index in [0.29, 0.717) is 26.2 Å². The number of ether oxygens (including phenoxy) is 1. The summed E-state index contributed by atoms with van der Waals surface area (Å²) >= 11 is 5.89. The Kier molecular flexibility index (Phi) is 4.88. The van der Waals surface area contributed by atoms with E-state index >= 15 is 0 Å². The summed E-state index contributed by atoms with van der Waals surface area (Å²) in [5, 5.41) is 0.260. The number of likely N-dealkylation sites (N-methyl/N-ethyl adjacent to an activating group) is 1. The van der Waals surface area contributed by atoms with Crippen LogP contribution in [0.25, 0.3) is 0 Å². The van der Waals surface area contributed by atoms with Gasteiger partial charge in [-0.15, -0.1) is 0 Å². The highest BCUT2D eigenvalue weighted by Crippen LogP contribution is 2.25. The van der Waals surface area contributed by atoms with E-state index in [1.165, 1.54) is 29.6 Å². The molecule has 1 aliphatic heterocycles. The van der Waals surface area contributed by atoms with E-state index in [2.05, 4.69) is 4.74 Å². The van der Waals surface area contributed by atoms with Crippen LogP contribution < -0.4 is 0 Å². The van der Waals surface area contributed by atoms with Gasteiger partial charge in [0.05, 0.1) is 17.6 Å². The number of esters is 1. The predicted octanol–water partition coefficient (Wildman–Crippen LogP) is 1.06. The molecule has 1 aromatic rings. The molecule has 0 amide bonds. The lowest BCUT2D eigenvalue weighted by Crippen LogP contribution is -2.47. The summed E-state index contributed by atoms with van der Waals surface area (Å²) in [5.41, 5.74) is 0.000767. The van der Waals surface area contributed by atoms with E-state index in [0.717, 1.165) is 0 Å². The fourth-order valence-corrected chi connectivity index (χ4v) is 4.02. The first-order valence-electron chi connectivity index (χ1n) is 6.43.